The molecule has 0 unspecified atom stereocenters. The van der Waals surface area contributed by atoms with E-state index in [0.717, 1.165) is 5.46 Å². The van der Waals surface area contributed by atoms with Gasteiger partial charge in [0.25, 0.3) is 0 Å². The fraction of sp³-hybridized carbons (Fsp3) is 0.571. The molecule has 0 aliphatic carbocycles. The van der Waals surface area contributed by atoms with Crippen LogP contribution in [0.15, 0.2) is 18.2 Å². The monoisotopic (exact) mass is 266 g/mol. The van der Waals surface area contributed by atoms with E-state index in [1.807, 2.05) is 27.7 Å². The van der Waals surface area contributed by atoms with Gasteiger partial charge in [0, 0.05) is 0 Å². The van der Waals surface area contributed by atoms with Crippen LogP contribution in [-0.4, -0.2) is 23.4 Å². The Hall–Kier alpha value is -0.905. The average molecular weight is 266 g/mol. The van der Waals surface area contributed by atoms with Crippen molar-refractivity contribution in [3.05, 3.63) is 29.3 Å². The van der Waals surface area contributed by atoms with Crippen LogP contribution in [0.5, 0.6) is 0 Å². The summed E-state index contributed by atoms with van der Waals surface area (Å²) in [7, 11) is -0.482. The van der Waals surface area contributed by atoms with E-state index in [-0.39, 0.29) is 6.61 Å². The van der Waals surface area contributed by atoms with Crippen LogP contribution >= 0.6 is 0 Å². The minimum Gasteiger partial charge on any atom is -0.399 e. The van der Waals surface area contributed by atoms with Crippen LogP contribution in [0.4, 0.5) is 4.39 Å². The highest BCUT2D eigenvalue weighted by atomic mass is 19.1. The standard InChI is InChI=1S/C14H20BFO3/c1-13(2)14(3,4)19-15(18-13)12-6-5-10(8-16)11(7-12)9-17/h5-7,17H,8-9H2,1-4H3. The highest BCUT2D eigenvalue weighted by Crippen LogP contribution is 2.36. The molecular formula is C14H20BFO3. The molecule has 1 heterocycles. The smallest absolute Gasteiger partial charge is 0.399 e. The van der Waals surface area contributed by atoms with Gasteiger partial charge in [-0.1, -0.05) is 18.2 Å². The summed E-state index contributed by atoms with van der Waals surface area (Å²) in [5, 5.41) is 9.27. The van der Waals surface area contributed by atoms with Gasteiger partial charge in [-0.25, -0.2) is 4.39 Å². The van der Waals surface area contributed by atoms with E-state index in [1.165, 1.54) is 0 Å². The highest BCUT2D eigenvalue weighted by molar-refractivity contribution is 6.62. The number of halogens is 1. The van der Waals surface area contributed by atoms with Crippen molar-refractivity contribution < 1.29 is 18.8 Å². The molecule has 0 atom stereocenters. The summed E-state index contributed by atoms with van der Waals surface area (Å²) < 4.78 is 24.6. The highest BCUT2D eigenvalue weighted by Gasteiger charge is 2.51. The number of aliphatic hydroxyl groups excluding tert-OH is 1. The predicted octanol–water partition coefficient (Wildman–Crippen LogP) is 1.95. The third-order valence-corrected chi connectivity index (χ3v) is 4.07. The second kappa shape index (κ2) is 4.89. The number of benzene rings is 1. The molecule has 5 heteroatoms. The Balaban J connectivity index is 2.30. The van der Waals surface area contributed by atoms with Crippen molar-refractivity contribution in [2.45, 2.75) is 52.2 Å². The molecule has 0 aromatic heterocycles. The minimum atomic E-state index is -0.584. The zero-order valence-electron chi connectivity index (χ0n) is 11.9. The fourth-order valence-corrected chi connectivity index (χ4v) is 2.05. The third kappa shape index (κ3) is 2.55. The van der Waals surface area contributed by atoms with E-state index >= 15 is 0 Å². The number of hydrogen-bond acceptors (Lipinski definition) is 3. The lowest BCUT2D eigenvalue weighted by Gasteiger charge is -2.32. The summed E-state index contributed by atoms with van der Waals surface area (Å²) in [6, 6.07) is 5.21. The van der Waals surface area contributed by atoms with Gasteiger partial charge >= 0.3 is 7.12 Å². The molecule has 104 valence electrons. The third-order valence-electron chi connectivity index (χ3n) is 4.07. The Bertz CT molecular complexity index is 458. The van der Waals surface area contributed by atoms with Gasteiger partial charge in [0.05, 0.1) is 17.8 Å². The maximum atomic E-state index is 12.8. The van der Waals surface area contributed by atoms with Crippen molar-refractivity contribution in [1.29, 1.82) is 0 Å². The van der Waals surface area contributed by atoms with Crippen LogP contribution in [0, 0.1) is 0 Å². The molecule has 0 spiro atoms. The van der Waals surface area contributed by atoms with Crippen LogP contribution in [0.25, 0.3) is 0 Å². The van der Waals surface area contributed by atoms with Crippen LogP contribution in [0.1, 0.15) is 38.8 Å². The molecule has 1 aliphatic heterocycles. The molecule has 1 aromatic carbocycles. The quantitative estimate of drug-likeness (QED) is 0.850. The van der Waals surface area contributed by atoms with Crippen molar-refractivity contribution in [1.82, 2.24) is 0 Å². The molecule has 2 rings (SSSR count). The average Bonchev–Trinajstić information content (AvgIpc) is 2.57. The van der Waals surface area contributed by atoms with E-state index in [9.17, 15) is 9.50 Å². The number of hydrogen-bond donors (Lipinski definition) is 1. The molecule has 1 saturated heterocycles. The number of alkyl halides is 1. The second-order valence-corrected chi connectivity index (χ2v) is 5.91. The van der Waals surface area contributed by atoms with Crippen molar-refractivity contribution in [2.75, 3.05) is 0 Å². The van der Waals surface area contributed by atoms with Crippen LogP contribution in [0.3, 0.4) is 0 Å². The van der Waals surface area contributed by atoms with Gasteiger partial charge in [0.2, 0.25) is 0 Å². The van der Waals surface area contributed by atoms with Crippen molar-refractivity contribution in [2.24, 2.45) is 0 Å². The van der Waals surface area contributed by atoms with E-state index in [4.69, 9.17) is 9.31 Å². The first-order chi connectivity index (χ1) is 8.80. The lowest BCUT2D eigenvalue weighted by atomic mass is 9.78. The summed E-state index contributed by atoms with van der Waals surface area (Å²) in [6.45, 7) is 7.16. The van der Waals surface area contributed by atoms with Gasteiger partial charge < -0.3 is 14.4 Å². The van der Waals surface area contributed by atoms with E-state index in [0.29, 0.717) is 11.1 Å². The zero-order chi connectivity index (χ0) is 14.3. The van der Waals surface area contributed by atoms with Gasteiger partial charge in [0.1, 0.15) is 6.67 Å². The van der Waals surface area contributed by atoms with Crippen molar-refractivity contribution in [3.63, 3.8) is 0 Å². The number of rotatable bonds is 3. The van der Waals surface area contributed by atoms with Gasteiger partial charge in [0.15, 0.2) is 0 Å². The van der Waals surface area contributed by atoms with Crippen molar-refractivity contribution in [3.8, 4) is 0 Å². The summed E-state index contributed by atoms with van der Waals surface area (Å²) in [6.07, 6.45) is 0. The summed E-state index contributed by atoms with van der Waals surface area (Å²) in [4.78, 5) is 0. The Kier molecular flexibility index (Phi) is 3.73. The first-order valence-corrected chi connectivity index (χ1v) is 6.45. The normalized spacial score (nSPS) is 20.8. The maximum Gasteiger partial charge on any atom is 0.494 e. The van der Waals surface area contributed by atoms with Gasteiger partial charge in [-0.15, -0.1) is 0 Å². The Morgan fingerprint density at radius 2 is 1.68 bits per heavy atom. The predicted molar refractivity (Wildman–Crippen MR) is 72.9 cm³/mol. The topological polar surface area (TPSA) is 38.7 Å². The molecule has 1 aromatic rings. The first-order valence-electron chi connectivity index (χ1n) is 6.45. The lowest BCUT2D eigenvalue weighted by molar-refractivity contribution is 0.00578. The molecule has 1 aliphatic rings. The summed E-state index contributed by atoms with van der Waals surface area (Å²) in [5.41, 5.74) is 1.07. The molecule has 0 bridgehead atoms. The van der Waals surface area contributed by atoms with Crippen LogP contribution < -0.4 is 5.46 Å². The Morgan fingerprint density at radius 1 is 1.11 bits per heavy atom. The largest absolute Gasteiger partial charge is 0.494 e. The molecular weight excluding hydrogens is 246 g/mol. The second-order valence-electron chi connectivity index (χ2n) is 5.91. The SMILES string of the molecule is CC1(C)OB(c2ccc(CF)c(CO)c2)OC1(C)C. The first kappa shape index (κ1) is 14.5. The zero-order valence-corrected chi connectivity index (χ0v) is 11.9. The van der Waals surface area contributed by atoms with Crippen molar-refractivity contribution >= 4 is 12.6 Å². The summed E-state index contributed by atoms with van der Waals surface area (Å²) in [5.74, 6) is 0. The number of aliphatic hydroxyl groups is 1. The minimum absolute atomic E-state index is 0.188. The van der Waals surface area contributed by atoms with Crippen LogP contribution in [-0.2, 0) is 22.6 Å². The van der Waals surface area contributed by atoms with E-state index < -0.39 is 25.0 Å². The van der Waals surface area contributed by atoms with Gasteiger partial charge in [-0.2, -0.15) is 0 Å². The molecule has 1 N–H and O–H groups in total. The fourth-order valence-electron chi connectivity index (χ4n) is 2.05. The molecule has 0 amide bonds. The molecule has 3 nitrogen and oxygen atoms in total. The molecule has 0 saturated carbocycles. The molecule has 1 fully saturated rings. The van der Waals surface area contributed by atoms with E-state index in [1.54, 1.807) is 18.2 Å². The summed E-state index contributed by atoms with van der Waals surface area (Å²) >= 11 is 0. The lowest BCUT2D eigenvalue weighted by Crippen LogP contribution is -2.41. The Labute approximate surface area is 113 Å². The maximum absolute atomic E-state index is 12.8. The molecule has 19 heavy (non-hydrogen) atoms. The Morgan fingerprint density at radius 3 is 2.16 bits per heavy atom. The van der Waals surface area contributed by atoms with Crippen LogP contribution in [0.2, 0.25) is 0 Å². The molecule has 0 radical (unpaired) electrons. The van der Waals surface area contributed by atoms with Gasteiger partial charge in [-0.3, -0.25) is 0 Å². The van der Waals surface area contributed by atoms with Gasteiger partial charge in [-0.05, 0) is 44.3 Å². The van der Waals surface area contributed by atoms with E-state index in [2.05, 4.69) is 0 Å².